The zero-order valence-electron chi connectivity index (χ0n) is 14.5. The first-order valence-electron chi connectivity index (χ1n) is 8.26. The minimum absolute atomic E-state index is 0.0281. The number of hydrogen-bond donors (Lipinski definition) is 2. The number of fused-ring (bicyclic) bond motifs is 1. The van der Waals surface area contributed by atoms with E-state index < -0.39 is 22.8 Å². The number of nitrogens with zero attached hydrogens (tertiary/aromatic N) is 2. The highest BCUT2D eigenvalue weighted by Crippen LogP contribution is 2.30. The highest BCUT2D eigenvalue weighted by Gasteiger charge is 2.27. The number of carbonyl (C=O) groups excluding carboxylic acids is 2. The fraction of sp³-hybridized carbons (Fsp3) is 0.167. The molecular formula is C18H16N4O6. The van der Waals surface area contributed by atoms with Crippen LogP contribution in [-0.4, -0.2) is 42.2 Å². The molecule has 2 aromatic rings. The number of nitro benzene ring substituents is 1. The van der Waals surface area contributed by atoms with Crippen LogP contribution in [0.3, 0.4) is 0 Å². The molecule has 0 bridgehead atoms. The van der Waals surface area contributed by atoms with E-state index in [1.165, 1.54) is 18.2 Å². The van der Waals surface area contributed by atoms with Gasteiger partial charge in [-0.2, -0.15) is 5.10 Å². The van der Waals surface area contributed by atoms with Crippen LogP contribution in [0, 0.1) is 10.1 Å². The van der Waals surface area contributed by atoms with Gasteiger partial charge in [0.2, 0.25) is 6.10 Å². The average molecular weight is 384 g/mol. The Hall–Kier alpha value is -3.95. The highest BCUT2D eigenvalue weighted by atomic mass is 16.6. The van der Waals surface area contributed by atoms with Crippen LogP contribution in [0.2, 0.25) is 0 Å². The Morgan fingerprint density at radius 3 is 2.68 bits per heavy atom. The molecule has 0 fully saturated rings. The molecule has 144 valence electrons. The van der Waals surface area contributed by atoms with E-state index in [0.29, 0.717) is 11.5 Å². The Balaban J connectivity index is 1.47. The summed E-state index contributed by atoms with van der Waals surface area (Å²) < 4.78 is 11.0. The van der Waals surface area contributed by atoms with Gasteiger partial charge in [-0.15, -0.1) is 0 Å². The Morgan fingerprint density at radius 2 is 1.89 bits per heavy atom. The van der Waals surface area contributed by atoms with Crippen LogP contribution in [0.5, 0.6) is 11.5 Å². The van der Waals surface area contributed by atoms with E-state index in [2.05, 4.69) is 15.8 Å². The van der Waals surface area contributed by atoms with Crippen molar-refractivity contribution in [3.63, 3.8) is 0 Å². The zero-order valence-corrected chi connectivity index (χ0v) is 14.5. The summed E-state index contributed by atoms with van der Waals surface area (Å²) >= 11 is 0. The van der Waals surface area contributed by atoms with E-state index in [-0.39, 0.29) is 24.4 Å². The lowest BCUT2D eigenvalue weighted by Crippen LogP contribution is -2.46. The minimum atomic E-state index is -0.877. The first-order valence-corrected chi connectivity index (χ1v) is 8.26. The summed E-state index contributed by atoms with van der Waals surface area (Å²) in [5.41, 5.74) is 2.30. The van der Waals surface area contributed by atoms with Gasteiger partial charge >= 0.3 is 0 Å². The van der Waals surface area contributed by atoms with Crippen molar-refractivity contribution in [3.05, 3.63) is 64.2 Å². The van der Waals surface area contributed by atoms with Gasteiger partial charge in [-0.3, -0.25) is 19.7 Å². The Kier molecular flexibility index (Phi) is 5.80. The van der Waals surface area contributed by atoms with Gasteiger partial charge in [0.15, 0.2) is 11.5 Å². The standard InChI is InChI=1S/C18H16N4O6/c23-17(21-20-9-12-5-1-2-6-13(12)22(25)26)10-19-18(24)16-11-27-14-7-3-4-8-15(14)28-16/h1-9,16H,10-11H2,(H,19,24)(H,21,23)/b20-9-/t16-/m0/s1. The van der Waals surface area contributed by atoms with E-state index in [1.54, 1.807) is 30.3 Å². The zero-order chi connectivity index (χ0) is 19.9. The highest BCUT2D eigenvalue weighted by molar-refractivity contribution is 5.89. The maximum Gasteiger partial charge on any atom is 0.278 e. The van der Waals surface area contributed by atoms with Crippen LogP contribution < -0.4 is 20.2 Å². The van der Waals surface area contributed by atoms with Crippen molar-refractivity contribution < 1.29 is 24.0 Å². The number of carbonyl (C=O) groups is 2. The number of para-hydroxylation sites is 3. The summed E-state index contributed by atoms with van der Waals surface area (Å²) in [6.07, 6.45) is 0.283. The van der Waals surface area contributed by atoms with Crippen molar-refractivity contribution in [3.8, 4) is 11.5 Å². The fourth-order valence-electron chi connectivity index (χ4n) is 2.41. The summed E-state index contributed by atoms with van der Waals surface area (Å²) in [7, 11) is 0. The van der Waals surface area contributed by atoms with Crippen molar-refractivity contribution >= 4 is 23.7 Å². The van der Waals surface area contributed by atoms with Gasteiger partial charge in [-0.25, -0.2) is 5.43 Å². The van der Waals surface area contributed by atoms with Gasteiger partial charge in [-0.1, -0.05) is 24.3 Å². The van der Waals surface area contributed by atoms with Crippen LogP contribution in [-0.2, 0) is 9.59 Å². The number of amides is 2. The van der Waals surface area contributed by atoms with Crippen LogP contribution in [0.25, 0.3) is 0 Å². The predicted octanol–water partition coefficient (Wildman–Crippen LogP) is 1.00. The SMILES string of the molecule is O=C(CNC(=O)[C@@H]1COc2ccccc2O1)N/N=C\c1ccccc1[N+](=O)[O-]. The van der Waals surface area contributed by atoms with Gasteiger partial charge < -0.3 is 14.8 Å². The maximum absolute atomic E-state index is 12.1. The molecule has 10 heteroatoms. The van der Waals surface area contributed by atoms with Crippen LogP contribution in [0.1, 0.15) is 5.56 Å². The fourth-order valence-corrected chi connectivity index (χ4v) is 2.41. The molecule has 1 aliphatic heterocycles. The molecule has 10 nitrogen and oxygen atoms in total. The predicted molar refractivity (Wildman–Crippen MR) is 98.2 cm³/mol. The largest absolute Gasteiger partial charge is 0.485 e. The molecule has 0 aliphatic carbocycles. The summed E-state index contributed by atoms with van der Waals surface area (Å²) in [6, 6.07) is 12.9. The van der Waals surface area contributed by atoms with Crippen molar-refractivity contribution in [1.82, 2.24) is 10.7 Å². The Labute approximate surface area is 159 Å². The summed E-state index contributed by atoms with van der Waals surface area (Å²) in [5, 5.41) is 17.0. The summed E-state index contributed by atoms with van der Waals surface area (Å²) in [4.78, 5) is 34.3. The molecule has 0 unspecified atom stereocenters. The molecule has 0 radical (unpaired) electrons. The van der Waals surface area contributed by atoms with Gasteiger partial charge in [0.1, 0.15) is 6.61 Å². The lowest BCUT2D eigenvalue weighted by atomic mass is 10.2. The van der Waals surface area contributed by atoms with Crippen LogP contribution in [0.15, 0.2) is 53.6 Å². The van der Waals surface area contributed by atoms with Gasteiger partial charge in [0.25, 0.3) is 17.5 Å². The van der Waals surface area contributed by atoms with E-state index in [1.807, 2.05) is 0 Å². The second-order valence-electron chi connectivity index (χ2n) is 5.69. The lowest BCUT2D eigenvalue weighted by molar-refractivity contribution is -0.385. The molecule has 2 amide bonds. The molecular weight excluding hydrogens is 368 g/mol. The number of benzene rings is 2. The molecule has 1 heterocycles. The second kappa shape index (κ2) is 8.62. The molecule has 0 aromatic heterocycles. The van der Waals surface area contributed by atoms with E-state index in [0.717, 1.165) is 6.21 Å². The normalized spacial score (nSPS) is 15.1. The van der Waals surface area contributed by atoms with Gasteiger partial charge in [0, 0.05) is 6.07 Å². The monoisotopic (exact) mass is 384 g/mol. The number of hydrazone groups is 1. The Bertz CT molecular complexity index is 930. The molecule has 28 heavy (non-hydrogen) atoms. The first kappa shape index (κ1) is 18.8. The molecule has 0 saturated carbocycles. The molecule has 0 spiro atoms. The average Bonchev–Trinajstić information content (AvgIpc) is 2.72. The topological polar surface area (TPSA) is 132 Å². The third-order valence-corrected chi connectivity index (χ3v) is 3.75. The number of rotatable bonds is 6. The molecule has 1 aliphatic rings. The quantitative estimate of drug-likeness (QED) is 0.434. The van der Waals surface area contributed by atoms with Crippen LogP contribution >= 0.6 is 0 Å². The van der Waals surface area contributed by atoms with Crippen molar-refractivity contribution in [2.75, 3.05) is 13.2 Å². The molecule has 1 atom stereocenters. The van der Waals surface area contributed by atoms with Gasteiger partial charge in [0.05, 0.1) is 23.2 Å². The van der Waals surface area contributed by atoms with Crippen molar-refractivity contribution in [1.29, 1.82) is 0 Å². The molecule has 0 saturated heterocycles. The Morgan fingerprint density at radius 1 is 1.18 bits per heavy atom. The van der Waals surface area contributed by atoms with E-state index in [9.17, 15) is 19.7 Å². The molecule has 2 N–H and O–H groups in total. The number of nitrogens with one attached hydrogen (secondary N) is 2. The van der Waals surface area contributed by atoms with Gasteiger partial charge in [-0.05, 0) is 18.2 Å². The van der Waals surface area contributed by atoms with E-state index >= 15 is 0 Å². The summed E-state index contributed by atoms with van der Waals surface area (Å²) in [5.74, 6) is -0.103. The third kappa shape index (κ3) is 4.61. The smallest absolute Gasteiger partial charge is 0.278 e. The molecule has 3 rings (SSSR count). The van der Waals surface area contributed by atoms with Crippen molar-refractivity contribution in [2.45, 2.75) is 6.10 Å². The molecule has 2 aromatic carbocycles. The van der Waals surface area contributed by atoms with Crippen molar-refractivity contribution in [2.24, 2.45) is 5.10 Å². The second-order valence-corrected chi connectivity index (χ2v) is 5.69. The lowest BCUT2D eigenvalue weighted by Gasteiger charge is -2.25. The number of nitro groups is 1. The van der Waals surface area contributed by atoms with E-state index in [4.69, 9.17) is 9.47 Å². The summed E-state index contributed by atoms with van der Waals surface area (Å²) in [6.45, 7) is -0.311. The number of ether oxygens (including phenoxy) is 2. The van der Waals surface area contributed by atoms with Crippen LogP contribution in [0.4, 0.5) is 5.69 Å². The third-order valence-electron chi connectivity index (χ3n) is 3.75. The number of hydrogen-bond acceptors (Lipinski definition) is 7. The minimum Gasteiger partial charge on any atom is -0.485 e. The maximum atomic E-state index is 12.1. The first-order chi connectivity index (χ1) is 13.5.